The first-order valence-corrected chi connectivity index (χ1v) is 10.3. The minimum atomic E-state index is -0.984. The molecule has 0 aliphatic carbocycles. The van der Waals surface area contributed by atoms with Crippen LogP contribution in [0, 0.1) is 0 Å². The average molecular weight is 416 g/mol. The Hall–Kier alpha value is -3.44. The number of benzene rings is 4. The van der Waals surface area contributed by atoms with Gasteiger partial charge in [-0.05, 0) is 62.6 Å². The molecule has 0 saturated carbocycles. The standard InChI is InChI=1S/C26H25NO4/c1-27(2,3)16-22(15-25(28)29)31-26(30)23-10-6-9-19-13-20-11-17-7-4-5-8-18(17)12-21(20)14-24(19)23/h4-14,22H,15-16H2,1-3H3/p+1/t22-/m1/s1. The van der Waals surface area contributed by atoms with Crippen LogP contribution in [-0.4, -0.2) is 55.3 Å². The maximum absolute atomic E-state index is 13.1. The summed E-state index contributed by atoms with van der Waals surface area (Å²) in [5, 5.41) is 15.4. The van der Waals surface area contributed by atoms with Gasteiger partial charge in [0.1, 0.15) is 6.54 Å². The van der Waals surface area contributed by atoms with Crippen LogP contribution in [0.15, 0.2) is 66.7 Å². The molecule has 0 fully saturated rings. The van der Waals surface area contributed by atoms with Gasteiger partial charge in [0.15, 0.2) is 6.10 Å². The third kappa shape index (κ3) is 4.67. The fraction of sp³-hybridized carbons (Fsp3) is 0.231. The molecule has 5 nitrogen and oxygen atoms in total. The van der Waals surface area contributed by atoms with Crippen molar-refractivity contribution in [2.45, 2.75) is 12.5 Å². The smallest absolute Gasteiger partial charge is 0.339 e. The van der Waals surface area contributed by atoms with Gasteiger partial charge in [0.05, 0.1) is 33.1 Å². The molecule has 1 N–H and O–H groups in total. The Balaban J connectivity index is 1.75. The number of carbonyl (C=O) groups is 2. The zero-order chi connectivity index (χ0) is 22.2. The lowest BCUT2D eigenvalue weighted by Crippen LogP contribution is -2.43. The second-order valence-electron chi connectivity index (χ2n) is 9.02. The summed E-state index contributed by atoms with van der Waals surface area (Å²) in [4.78, 5) is 24.3. The molecule has 4 rings (SSSR count). The average Bonchev–Trinajstić information content (AvgIpc) is 2.68. The van der Waals surface area contributed by atoms with E-state index in [9.17, 15) is 14.7 Å². The van der Waals surface area contributed by atoms with Crippen LogP contribution in [-0.2, 0) is 9.53 Å². The SMILES string of the molecule is C[N+](C)(C)C[C@@H](CC(=O)O)OC(=O)c1cccc2cc3cc4ccccc4cc3cc12. The van der Waals surface area contributed by atoms with Gasteiger partial charge in [0.25, 0.3) is 0 Å². The Kier molecular flexibility index (Phi) is 5.38. The predicted molar refractivity (Wildman–Crippen MR) is 123 cm³/mol. The number of aliphatic carboxylic acids is 1. The number of carbonyl (C=O) groups excluding carboxylic acids is 1. The Labute approximate surface area is 181 Å². The van der Waals surface area contributed by atoms with Crippen molar-refractivity contribution in [1.82, 2.24) is 0 Å². The number of rotatable bonds is 6. The van der Waals surface area contributed by atoms with E-state index in [1.165, 1.54) is 5.39 Å². The normalized spacial score (nSPS) is 12.9. The van der Waals surface area contributed by atoms with E-state index in [1.54, 1.807) is 6.07 Å². The molecule has 5 heteroatoms. The van der Waals surface area contributed by atoms with Crippen molar-refractivity contribution in [2.75, 3.05) is 27.7 Å². The van der Waals surface area contributed by atoms with Gasteiger partial charge < -0.3 is 14.3 Å². The van der Waals surface area contributed by atoms with Crippen molar-refractivity contribution in [2.24, 2.45) is 0 Å². The van der Waals surface area contributed by atoms with Crippen molar-refractivity contribution in [3.63, 3.8) is 0 Å². The van der Waals surface area contributed by atoms with Crippen molar-refractivity contribution in [3.05, 3.63) is 72.3 Å². The molecule has 4 aromatic rings. The van der Waals surface area contributed by atoms with Crippen molar-refractivity contribution in [1.29, 1.82) is 0 Å². The Morgan fingerprint density at radius 2 is 1.42 bits per heavy atom. The quantitative estimate of drug-likeness (QED) is 0.277. The first kappa shape index (κ1) is 20.8. The molecule has 0 heterocycles. The lowest BCUT2D eigenvalue weighted by Gasteiger charge is -2.28. The molecular weight excluding hydrogens is 390 g/mol. The number of ether oxygens (including phenoxy) is 1. The number of hydrogen-bond donors (Lipinski definition) is 1. The second kappa shape index (κ2) is 8.00. The highest BCUT2D eigenvalue weighted by molar-refractivity contribution is 6.11. The summed E-state index contributed by atoms with van der Waals surface area (Å²) in [6.45, 7) is 0.414. The van der Waals surface area contributed by atoms with Crippen LogP contribution in [0.1, 0.15) is 16.8 Å². The van der Waals surface area contributed by atoms with Gasteiger partial charge in [-0.25, -0.2) is 4.79 Å². The number of hydrogen-bond acceptors (Lipinski definition) is 3. The number of quaternary nitrogens is 1. The lowest BCUT2D eigenvalue weighted by molar-refractivity contribution is -0.873. The fourth-order valence-corrected chi connectivity index (χ4v) is 4.06. The Morgan fingerprint density at radius 1 is 0.839 bits per heavy atom. The van der Waals surface area contributed by atoms with Gasteiger partial charge in [-0.2, -0.15) is 0 Å². The molecule has 0 radical (unpaired) electrons. The summed E-state index contributed by atoms with van der Waals surface area (Å²) < 4.78 is 6.18. The van der Waals surface area contributed by atoms with Crippen molar-refractivity contribution in [3.8, 4) is 0 Å². The maximum Gasteiger partial charge on any atom is 0.339 e. The summed E-state index contributed by atoms with van der Waals surface area (Å²) in [7, 11) is 5.82. The van der Waals surface area contributed by atoms with Gasteiger partial charge >= 0.3 is 11.9 Å². The van der Waals surface area contributed by atoms with E-state index >= 15 is 0 Å². The molecule has 0 aliphatic rings. The van der Waals surface area contributed by atoms with Crippen LogP contribution in [0.2, 0.25) is 0 Å². The van der Waals surface area contributed by atoms with Crippen LogP contribution in [0.5, 0.6) is 0 Å². The summed E-state index contributed by atoms with van der Waals surface area (Å²) >= 11 is 0. The number of carboxylic acid groups (broad SMARTS) is 1. The molecule has 0 saturated heterocycles. The highest BCUT2D eigenvalue weighted by Crippen LogP contribution is 2.29. The first-order valence-electron chi connectivity index (χ1n) is 10.3. The van der Waals surface area contributed by atoms with E-state index in [2.05, 4.69) is 30.3 Å². The third-order valence-corrected chi connectivity index (χ3v) is 5.35. The van der Waals surface area contributed by atoms with Gasteiger partial charge in [-0.3, -0.25) is 4.79 Å². The highest BCUT2D eigenvalue weighted by Gasteiger charge is 2.26. The molecule has 0 bridgehead atoms. The topological polar surface area (TPSA) is 63.6 Å². The van der Waals surface area contributed by atoms with E-state index in [1.807, 2.05) is 51.5 Å². The minimum Gasteiger partial charge on any atom is -0.481 e. The van der Waals surface area contributed by atoms with Crippen LogP contribution < -0.4 is 0 Å². The predicted octanol–water partition coefficient (Wildman–Crippen LogP) is 4.85. The summed E-state index contributed by atoms with van der Waals surface area (Å²) in [5.74, 6) is -1.48. The second-order valence-corrected chi connectivity index (χ2v) is 9.02. The molecule has 0 spiro atoms. The number of esters is 1. The zero-order valence-corrected chi connectivity index (χ0v) is 18.0. The van der Waals surface area contributed by atoms with Crippen molar-refractivity contribution >= 4 is 44.3 Å². The molecule has 0 amide bonds. The minimum absolute atomic E-state index is 0.221. The van der Waals surface area contributed by atoms with Crippen LogP contribution in [0.4, 0.5) is 0 Å². The van der Waals surface area contributed by atoms with E-state index < -0.39 is 18.0 Å². The molecule has 4 aromatic carbocycles. The number of fused-ring (bicyclic) bond motifs is 3. The van der Waals surface area contributed by atoms with E-state index in [0.717, 1.165) is 26.9 Å². The van der Waals surface area contributed by atoms with Crippen LogP contribution in [0.3, 0.4) is 0 Å². The first-order chi connectivity index (χ1) is 14.7. The molecule has 0 aromatic heterocycles. The van der Waals surface area contributed by atoms with Gasteiger partial charge in [0, 0.05) is 0 Å². The Bertz CT molecular complexity index is 1300. The molecule has 1 atom stereocenters. The number of likely N-dealkylation sites (N-methyl/N-ethyl adjacent to an activating group) is 1. The molecule has 158 valence electrons. The van der Waals surface area contributed by atoms with Gasteiger partial charge in [0.2, 0.25) is 0 Å². The molecular formula is C26H26NO4+. The highest BCUT2D eigenvalue weighted by atomic mass is 16.5. The van der Waals surface area contributed by atoms with E-state index in [-0.39, 0.29) is 6.42 Å². The number of carboxylic acids is 1. The lowest BCUT2D eigenvalue weighted by atomic mass is 9.97. The summed E-state index contributed by atoms with van der Waals surface area (Å²) in [5.41, 5.74) is 0.448. The summed E-state index contributed by atoms with van der Waals surface area (Å²) in [6, 6.07) is 22.1. The Morgan fingerprint density at radius 3 is 2.03 bits per heavy atom. The largest absolute Gasteiger partial charge is 0.481 e. The summed E-state index contributed by atoms with van der Waals surface area (Å²) in [6.07, 6.45) is -0.925. The maximum atomic E-state index is 13.1. The van der Waals surface area contributed by atoms with Crippen molar-refractivity contribution < 1.29 is 23.9 Å². The van der Waals surface area contributed by atoms with E-state index in [0.29, 0.717) is 16.6 Å². The number of nitrogens with zero attached hydrogens (tertiary/aromatic N) is 1. The molecule has 0 unspecified atom stereocenters. The fourth-order valence-electron chi connectivity index (χ4n) is 4.06. The zero-order valence-electron chi connectivity index (χ0n) is 18.0. The third-order valence-electron chi connectivity index (χ3n) is 5.35. The molecule has 0 aliphatic heterocycles. The van der Waals surface area contributed by atoms with Gasteiger partial charge in [-0.15, -0.1) is 0 Å². The van der Waals surface area contributed by atoms with E-state index in [4.69, 9.17) is 4.74 Å². The molecule has 31 heavy (non-hydrogen) atoms. The van der Waals surface area contributed by atoms with Crippen LogP contribution in [0.25, 0.3) is 32.3 Å². The van der Waals surface area contributed by atoms with Crippen LogP contribution >= 0.6 is 0 Å². The van der Waals surface area contributed by atoms with Gasteiger partial charge in [-0.1, -0.05) is 36.4 Å². The monoisotopic (exact) mass is 416 g/mol.